The summed E-state index contributed by atoms with van der Waals surface area (Å²) in [7, 11) is 0. The minimum absolute atomic E-state index is 0.0858. The summed E-state index contributed by atoms with van der Waals surface area (Å²) in [5.41, 5.74) is 4.27. The van der Waals surface area contributed by atoms with E-state index in [0.29, 0.717) is 20.8 Å². The zero-order valence-corrected chi connectivity index (χ0v) is 21.4. The summed E-state index contributed by atoms with van der Waals surface area (Å²) in [5, 5.41) is 3.41. The molecule has 0 saturated heterocycles. The predicted molar refractivity (Wildman–Crippen MR) is 139 cm³/mol. The Bertz CT molecular complexity index is 1530. The maximum atomic E-state index is 13.4. The van der Waals surface area contributed by atoms with E-state index in [2.05, 4.69) is 27.9 Å². The van der Waals surface area contributed by atoms with Crippen molar-refractivity contribution >= 4 is 49.9 Å². The monoisotopic (exact) mass is 508 g/mol. The molecule has 4 rings (SSSR count). The minimum atomic E-state index is -0.530. The SMILES string of the molecule is C=CCOC(=O)c1sc(NC(=O)Cn2cnc3sc(C)c(-c4ccc(C)c(C)c4)c3c2=O)nc1C. The Kier molecular flexibility index (Phi) is 6.95. The van der Waals surface area contributed by atoms with Crippen molar-refractivity contribution in [3.63, 3.8) is 0 Å². The van der Waals surface area contributed by atoms with E-state index in [1.54, 1.807) is 6.92 Å². The first kappa shape index (κ1) is 24.5. The third-order valence-corrected chi connectivity index (χ3v) is 7.59. The van der Waals surface area contributed by atoms with Crippen LogP contribution in [-0.4, -0.2) is 33.0 Å². The number of carbonyl (C=O) groups excluding carboxylic acids is 2. The molecular weight excluding hydrogens is 484 g/mol. The fraction of sp³-hybridized carbons (Fsp3) is 0.240. The number of nitrogens with one attached hydrogen (secondary N) is 1. The second-order valence-electron chi connectivity index (χ2n) is 8.06. The molecule has 0 unspecified atom stereocenters. The topological polar surface area (TPSA) is 103 Å². The Morgan fingerprint density at radius 3 is 2.66 bits per heavy atom. The Morgan fingerprint density at radius 2 is 1.94 bits per heavy atom. The third-order valence-electron chi connectivity index (χ3n) is 5.52. The Morgan fingerprint density at radius 1 is 1.17 bits per heavy atom. The summed E-state index contributed by atoms with van der Waals surface area (Å²) in [6.07, 6.45) is 2.86. The largest absolute Gasteiger partial charge is 0.457 e. The number of thiophene rings is 1. The van der Waals surface area contributed by atoms with Gasteiger partial charge in [0.15, 0.2) is 5.13 Å². The standard InChI is InChI=1S/C25H24N4O4S2/c1-6-9-33-24(32)21-15(4)27-25(35-21)28-18(30)11-29-12-26-22-20(23(29)31)19(16(5)34-22)17-8-7-13(2)14(3)10-17/h6-8,10,12H,1,9,11H2,2-5H3,(H,27,28,30). The van der Waals surface area contributed by atoms with E-state index < -0.39 is 11.9 Å². The van der Waals surface area contributed by atoms with Crippen LogP contribution < -0.4 is 10.9 Å². The van der Waals surface area contributed by atoms with Gasteiger partial charge in [0.2, 0.25) is 5.91 Å². The van der Waals surface area contributed by atoms with Gasteiger partial charge >= 0.3 is 5.97 Å². The first-order valence-corrected chi connectivity index (χ1v) is 12.4. The number of thiazole rings is 1. The lowest BCUT2D eigenvalue weighted by molar-refractivity contribution is -0.116. The molecule has 0 radical (unpaired) electrons. The fourth-order valence-corrected chi connectivity index (χ4v) is 5.53. The molecule has 0 aliphatic carbocycles. The van der Waals surface area contributed by atoms with E-state index in [4.69, 9.17) is 4.74 Å². The molecule has 8 nitrogen and oxygen atoms in total. The van der Waals surface area contributed by atoms with Crippen LogP contribution >= 0.6 is 22.7 Å². The molecule has 0 fully saturated rings. The number of amides is 1. The van der Waals surface area contributed by atoms with E-state index in [9.17, 15) is 14.4 Å². The number of hydrogen-bond acceptors (Lipinski definition) is 8. The molecule has 10 heteroatoms. The molecule has 0 bridgehead atoms. The summed E-state index contributed by atoms with van der Waals surface area (Å²) in [6.45, 7) is 11.1. The van der Waals surface area contributed by atoms with Crippen LogP contribution in [0.2, 0.25) is 0 Å². The fourth-order valence-electron chi connectivity index (χ4n) is 3.65. The van der Waals surface area contributed by atoms with Crippen molar-refractivity contribution < 1.29 is 14.3 Å². The Balaban J connectivity index is 1.61. The van der Waals surface area contributed by atoms with E-state index in [1.807, 2.05) is 32.9 Å². The number of carbonyl (C=O) groups is 2. The third kappa shape index (κ3) is 4.94. The van der Waals surface area contributed by atoms with Crippen LogP contribution in [0, 0.1) is 27.7 Å². The maximum Gasteiger partial charge on any atom is 0.350 e. The van der Waals surface area contributed by atoms with Crippen LogP contribution in [0.5, 0.6) is 0 Å². The second kappa shape index (κ2) is 9.93. The number of ether oxygens (including phenoxy) is 1. The van der Waals surface area contributed by atoms with Gasteiger partial charge in [-0.05, 0) is 44.4 Å². The smallest absolute Gasteiger partial charge is 0.350 e. The molecule has 1 amide bonds. The number of aromatic nitrogens is 3. The van der Waals surface area contributed by atoms with Crippen LogP contribution in [-0.2, 0) is 16.1 Å². The van der Waals surface area contributed by atoms with Gasteiger partial charge in [0.1, 0.15) is 22.9 Å². The summed E-state index contributed by atoms with van der Waals surface area (Å²) in [6, 6.07) is 6.10. The van der Waals surface area contributed by atoms with Crippen LogP contribution in [0.25, 0.3) is 21.3 Å². The number of aryl methyl sites for hydroxylation is 4. The second-order valence-corrected chi connectivity index (χ2v) is 10.3. The first-order valence-electron chi connectivity index (χ1n) is 10.8. The van der Waals surface area contributed by atoms with Gasteiger partial charge in [-0.2, -0.15) is 0 Å². The molecule has 0 saturated carbocycles. The molecule has 1 N–H and O–H groups in total. The van der Waals surface area contributed by atoms with Crippen LogP contribution in [0.4, 0.5) is 5.13 Å². The molecule has 0 aliphatic rings. The molecule has 35 heavy (non-hydrogen) atoms. The molecule has 0 spiro atoms. The average molecular weight is 509 g/mol. The van der Waals surface area contributed by atoms with Crippen molar-refractivity contribution in [3.05, 3.63) is 74.1 Å². The molecule has 1 aromatic carbocycles. The normalized spacial score (nSPS) is 11.0. The minimum Gasteiger partial charge on any atom is -0.457 e. The van der Waals surface area contributed by atoms with Gasteiger partial charge in [0.25, 0.3) is 5.56 Å². The van der Waals surface area contributed by atoms with Crippen LogP contribution in [0.1, 0.15) is 31.4 Å². The molecule has 3 heterocycles. The number of benzene rings is 1. The lowest BCUT2D eigenvalue weighted by Crippen LogP contribution is -2.27. The molecule has 3 aromatic heterocycles. The lowest BCUT2D eigenvalue weighted by Gasteiger charge is -2.08. The highest BCUT2D eigenvalue weighted by Crippen LogP contribution is 2.36. The summed E-state index contributed by atoms with van der Waals surface area (Å²) in [5.74, 6) is -0.981. The highest BCUT2D eigenvalue weighted by atomic mass is 32.1. The number of hydrogen-bond donors (Lipinski definition) is 1. The van der Waals surface area contributed by atoms with E-state index >= 15 is 0 Å². The van der Waals surface area contributed by atoms with Gasteiger partial charge in [0, 0.05) is 10.4 Å². The summed E-state index contributed by atoms with van der Waals surface area (Å²) in [4.78, 5) is 48.8. The number of rotatable bonds is 7. The zero-order chi connectivity index (χ0) is 25.3. The van der Waals surface area contributed by atoms with E-state index in [1.165, 1.54) is 33.9 Å². The van der Waals surface area contributed by atoms with Crippen molar-refractivity contribution in [2.24, 2.45) is 0 Å². The van der Waals surface area contributed by atoms with Gasteiger partial charge in [-0.15, -0.1) is 11.3 Å². The molecule has 0 atom stereocenters. The van der Waals surface area contributed by atoms with Crippen molar-refractivity contribution in [3.8, 4) is 11.1 Å². The number of esters is 1. The Labute approximate surface area is 209 Å². The van der Waals surface area contributed by atoms with Crippen LogP contribution in [0.15, 0.2) is 42.0 Å². The van der Waals surface area contributed by atoms with Gasteiger partial charge in [0.05, 0.1) is 17.4 Å². The van der Waals surface area contributed by atoms with Crippen molar-refractivity contribution in [2.45, 2.75) is 34.2 Å². The average Bonchev–Trinajstić information content (AvgIpc) is 3.35. The van der Waals surface area contributed by atoms with Crippen molar-refractivity contribution in [1.29, 1.82) is 0 Å². The molecular formula is C25H24N4O4S2. The van der Waals surface area contributed by atoms with Gasteiger partial charge in [-0.25, -0.2) is 14.8 Å². The number of nitrogens with zero attached hydrogens (tertiary/aromatic N) is 3. The van der Waals surface area contributed by atoms with Crippen molar-refractivity contribution in [2.75, 3.05) is 11.9 Å². The van der Waals surface area contributed by atoms with E-state index in [0.717, 1.165) is 32.9 Å². The number of fused-ring (bicyclic) bond motifs is 1. The van der Waals surface area contributed by atoms with Gasteiger partial charge in [-0.3, -0.25) is 14.2 Å². The number of anilines is 1. The van der Waals surface area contributed by atoms with Crippen LogP contribution in [0.3, 0.4) is 0 Å². The zero-order valence-electron chi connectivity index (χ0n) is 19.8. The quantitative estimate of drug-likeness (QED) is 0.284. The predicted octanol–water partition coefficient (Wildman–Crippen LogP) is 4.80. The highest BCUT2D eigenvalue weighted by Gasteiger charge is 2.20. The van der Waals surface area contributed by atoms with Gasteiger partial charge in [-0.1, -0.05) is 42.2 Å². The van der Waals surface area contributed by atoms with E-state index in [-0.39, 0.29) is 23.8 Å². The summed E-state index contributed by atoms with van der Waals surface area (Å²) < 4.78 is 6.33. The highest BCUT2D eigenvalue weighted by molar-refractivity contribution is 7.19. The van der Waals surface area contributed by atoms with Gasteiger partial charge < -0.3 is 10.1 Å². The molecule has 0 aliphatic heterocycles. The Hall–Kier alpha value is -3.63. The molecule has 4 aromatic rings. The maximum absolute atomic E-state index is 13.4. The van der Waals surface area contributed by atoms with Crippen molar-refractivity contribution in [1.82, 2.24) is 14.5 Å². The first-order chi connectivity index (χ1) is 16.7. The summed E-state index contributed by atoms with van der Waals surface area (Å²) >= 11 is 2.47. The lowest BCUT2D eigenvalue weighted by atomic mass is 9.99. The molecule has 180 valence electrons.